The number of carboxylic acid groups (broad SMARTS) is 7. The van der Waals surface area contributed by atoms with Crippen LogP contribution < -0.4 is 35.7 Å². The van der Waals surface area contributed by atoms with Crippen LogP contribution in [0.15, 0.2) is 0 Å². The third-order valence-corrected chi connectivity index (χ3v) is 0. The monoisotopic (exact) mass is 603 g/mol. The van der Waals surface area contributed by atoms with E-state index in [9.17, 15) is 0 Å². The van der Waals surface area contributed by atoms with Crippen LogP contribution in [0.4, 0.5) is 0 Å². The molecular weight excluding hydrogens is 580 g/mol. The van der Waals surface area contributed by atoms with E-state index in [4.69, 9.17) is 69.3 Å². The van der Waals surface area contributed by atoms with Crippen LogP contribution in [0.2, 0.25) is 0 Å². The maximum Gasteiger partial charge on any atom is 3.00 e. The summed E-state index contributed by atoms with van der Waals surface area (Å²) in [5, 5.41) is 62.2. The SMILES string of the molecule is CC(=O)[O-].CC(=O)[O-].CC(=O)[O-].CC(=O)[O-].CC(=O)[O-].CC(=O)[O-].CC(=O)[O-].[Cr+3].[Cr].[Cr].[OH-].[OH-]. The second-order valence-electron chi connectivity index (χ2n) is 3.44. The molecule has 0 aliphatic carbocycles. The van der Waals surface area contributed by atoms with Crippen molar-refractivity contribution in [1.29, 1.82) is 0 Å². The molecule has 16 nitrogen and oxygen atoms in total. The molecule has 199 valence electrons. The molecule has 0 rings (SSSR count). The van der Waals surface area contributed by atoms with Gasteiger partial charge in [0, 0.05) is 76.5 Å². The summed E-state index contributed by atoms with van der Waals surface area (Å²) < 4.78 is 0. The molecule has 0 atom stereocenters. The largest absolute Gasteiger partial charge is 3.00 e. The quantitative estimate of drug-likeness (QED) is 0.248. The van der Waals surface area contributed by atoms with Crippen molar-refractivity contribution < 1.29 is 132 Å². The van der Waals surface area contributed by atoms with Crippen LogP contribution in [0, 0.1) is 0 Å². The molecule has 0 fully saturated rings. The second kappa shape index (κ2) is 69.9. The van der Waals surface area contributed by atoms with E-state index in [1.54, 1.807) is 0 Å². The van der Waals surface area contributed by atoms with Gasteiger partial charge in [-0.2, -0.15) is 0 Å². The number of carboxylic acids is 7. The minimum Gasteiger partial charge on any atom is -0.870 e. The van der Waals surface area contributed by atoms with Crippen molar-refractivity contribution in [2.24, 2.45) is 0 Å². The number of carbonyl (C=O) groups excluding carboxylic acids is 7. The van der Waals surface area contributed by atoms with E-state index >= 15 is 0 Å². The fourth-order valence-electron chi connectivity index (χ4n) is 0. The molecule has 0 saturated carbocycles. The van der Waals surface area contributed by atoms with Crippen LogP contribution in [0.1, 0.15) is 48.5 Å². The van der Waals surface area contributed by atoms with Crippen molar-refractivity contribution >= 4 is 41.8 Å². The van der Waals surface area contributed by atoms with Gasteiger partial charge in [-0.05, 0) is 48.5 Å². The zero-order valence-electron chi connectivity index (χ0n) is 18.3. The Bertz CT molecular complexity index is 323. The first-order valence-corrected chi connectivity index (χ1v) is 6.36. The molecule has 0 unspecified atom stereocenters. The summed E-state index contributed by atoms with van der Waals surface area (Å²) >= 11 is 0. The Balaban J connectivity index is -0.0000000152. The van der Waals surface area contributed by atoms with E-state index in [0.717, 1.165) is 48.5 Å². The molecule has 19 heteroatoms. The Morgan fingerprint density at radius 3 is 0.333 bits per heavy atom. The van der Waals surface area contributed by atoms with Gasteiger partial charge in [-0.3, -0.25) is 0 Å². The van der Waals surface area contributed by atoms with Crippen molar-refractivity contribution in [3.63, 3.8) is 0 Å². The third-order valence-electron chi connectivity index (χ3n) is 0. The molecule has 0 bridgehead atoms. The molecule has 0 aliphatic rings. The zero-order valence-corrected chi connectivity index (χ0v) is 22.2. The van der Waals surface area contributed by atoms with Crippen LogP contribution in [0.25, 0.3) is 0 Å². The summed E-state index contributed by atoms with van der Waals surface area (Å²) in [7, 11) is 0. The van der Waals surface area contributed by atoms with Crippen LogP contribution in [-0.4, -0.2) is 52.7 Å². The fourth-order valence-corrected chi connectivity index (χ4v) is 0. The number of carbonyl (C=O) groups is 7. The van der Waals surface area contributed by atoms with Gasteiger partial charge in [0.1, 0.15) is 0 Å². The van der Waals surface area contributed by atoms with E-state index < -0.39 is 41.8 Å². The second-order valence-corrected chi connectivity index (χ2v) is 3.44. The Morgan fingerprint density at radius 1 is 0.333 bits per heavy atom. The molecule has 0 spiro atoms. The van der Waals surface area contributed by atoms with Crippen molar-refractivity contribution in [3.05, 3.63) is 0 Å². The normalized spacial score (nSPS) is 5.30. The Labute approximate surface area is 222 Å². The Hall–Kier alpha value is -2.19. The van der Waals surface area contributed by atoms with Gasteiger partial charge in [-0.1, -0.05) is 0 Å². The van der Waals surface area contributed by atoms with Crippen LogP contribution in [-0.2, 0) is 85.6 Å². The Kier molecular flexibility index (Phi) is 164. The van der Waals surface area contributed by atoms with Gasteiger partial charge in [-0.25, -0.2) is 0 Å². The van der Waals surface area contributed by atoms with Gasteiger partial charge < -0.3 is 80.3 Å². The standard InChI is InChI=1S/7C2H4O2.3Cr.2H2O/c7*1-2(3)4;;;;;/h7*1H3,(H,3,4);;;;2*1H2/q;;;;;;;;;+3;;/p-9. The van der Waals surface area contributed by atoms with Gasteiger partial charge in [-0.15, -0.1) is 0 Å². The number of aliphatic carboxylic acids is 7. The summed E-state index contributed by atoms with van der Waals surface area (Å²) in [6.07, 6.45) is 0. The van der Waals surface area contributed by atoms with E-state index in [-0.39, 0.29) is 63.0 Å². The summed E-state index contributed by atoms with van der Waals surface area (Å²) in [6, 6.07) is 0. The van der Waals surface area contributed by atoms with E-state index in [1.165, 1.54) is 0 Å². The van der Waals surface area contributed by atoms with Crippen molar-refractivity contribution in [3.8, 4) is 0 Å². The molecule has 0 aromatic carbocycles. The molecule has 2 N–H and O–H groups in total. The molecule has 33 heavy (non-hydrogen) atoms. The first-order valence-electron chi connectivity index (χ1n) is 6.36. The van der Waals surface area contributed by atoms with E-state index in [1.807, 2.05) is 0 Å². The summed E-state index contributed by atoms with van der Waals surface area (Å²) in [6.45, 7) is 6.81. The number of rotatable bonds is 0. The maximum absolute atomic E-state index is 8.89. The topological polar surface area (TPSA) is 341 Å². The maximum atomic E-state index is 8.89. The van der Waals surface area contributed by atoms with Gasteiger partial charge >= 0.3 is 17.4 Å². The first kappa shape index (κ1) is 77.4. The molecule has 1 radical (unpaired) electrons. The van der Waals surface area contributed by atoms with Gasteiger partial charge in [0.25, 0.3) is 0 Å². The van der Waals surface area contributed by atoms with Crippen LogP contribution >= 0.6 is 0 Å². The van der Waals surface area contributed by atoms with E-state index in [0.29, 0.717) is 0 Å². The molecule has 0 saturated heterocycles. The minimum atomic E-state index is -1.08. The average molecular weight is 603 g/mol. The predicted octanol–water partition coefficient (Wildman–Crippen LogP) is -9.07. The summed E-state index contributed by atoms with van der Waals surface area (Å²) in [5.41, 5.74) is 0. The van der Waals surface area contributed by atoms with Gasteiger partial charge in [0.05, 0.1) is 0 Å². The first-order chi connectivity index (χ1) is 12.1. The molecule has 0 amide bonds. The smallest absolute Gasteiger partial charge is 0.870 e. The van der Waals surface area contributed by atoms with Crippen molar-refractivity contribution in [2.45, 2.75) is 48.5 Å². The molecule has 0 aromatic rings. The summed E-state index contributed by atoms with van der Waals surface area (Å²) in [4.78, 5) is 62.2. The number of hydrogen-bond donors (Lipinski definition) is 0. The minimum absolute atomic E-state index is 0. The zero-order chi connectivity index (χ0) is 25.0. The molecule has 0 heterocycles. The molecular formula is C14H23Cr3O16-6. The van der Waals surface area contributed by atoms with Gasteiger partial charge in [0.15, 0.2) is 0 Å². The average Bonchev–Trinajstić information content (AvgIpc) is 2.20. The van der Waals surface area contributed by atoms with Crippen LogP contribution in [0.3, 0.4) is 0 Å². The van der Waals surface area contributed by atoms with Crippen molar-refractivity contribution in [1.82, 2.24) is 0 Å². The van der Waals surface area contributed by atoms with Crippen LogP contribution in [0.5, 0.6) is 0 Å². The molecule has 0 aliphatic heterocycles. The summed E-state index contributed by atoms with van der Waals surface area (Å²) in [5.74, 6) is -7.58. The Morgan fingerprint density at radius 2 is 0.333 bits per heavy atom. The molecule has 0 aromatic heterocycles. The third kappa shape index (κ3) is 4790. The number of hydrogen-bond acceptors (Lipinski definition) is 16. The van der Waals surface area contributed by atoms with Crippen molar-refractivity contribution in [2.75, 3.05) is 0 Å². The predicted molar refractivity (Wildman–Crippen MR) is 78.6 cm³/mol. The van der Waals surface area contributed by atoms with E-state index in [2.05, 4.69) is 0 Å². The fraction of sp³-hybridized carbons (Fsp3) is 0.500. The van der Waals surface area contributed by atoms with Gasteiger partial charge in [0.2, 0.25) is 0 Å².